The molecule has 0 saturated heterocycles. The molecule has 0 radical (unpaired) electrons. The Kier molecular flexibility index (Phi) is 2.21. The van der Waals surface area contributed by atoms with Crippen molar-refractivity contribution >= 4 is 29.0 Å². The highest BCUT2D eigenvalue weighted by molar-refractivity contribution is 5.91. The number of nitrogens with one attached hydrogen (secondary N) is 1. The molecule has 0 fully saturated rings. The number of halogens is 1. The molecular weight excluding hydrogens is 214 g/mol. The van der Waals surface area contributed by atoms with Crippen molar-refractivity contribution in [2.45, 2.75) is 0 Å². The maximum atomic E-state index is 11.1. The number of fused-ring (bicyclic) bond motifs is 3. The largest absolute Gasteiger partial charge is 0.306 e. The van der Waals surface area contributed by atoms with Gasteiger partial charge < -0.3 is 4.98 Å². The van der Waals surface area contributed by atoms with Crippen molar-refractivity contribution in [1.29, 1.82) is 0 Å². The number of aromatic nitrogens is 3. The Morgan fingerprint density at radius 1 is 1.20 bits per heavy atom. The maximum absolute atomic E-state index is 11.1. The van der Waals surface area contributed by atoms with Crippen molar-refractivity contribution in [2.24, 2.45) is 0 Å². The van der Waals surface area contributed by atoms with E-state index < -0.39 is 0 Å². The van der Waals surface area contributed by atoms with Gasteiger partial charge in [0.05, 0.1) is 5.52 Å². The standard InChI is InChI=1S/C10H7N3O.ClH/c14-9-5-6-13-10(11-9)7-3-1-2-4-8(7)12-13;/h1-6H,(H,11,14);1H. The van der Waals surface area contributed by atoms with E-state index in [1.165, 1.54) is 6.07 Å². The van der Waals surface area contributed by atoms with Gasteiger partial charge in [-0.2, -0.15) is 5.10 Å². The van der Waals surface area contributed by atoms with E-state index in [9.17, 15) is 4.79 Å². The Bertz CT molecular complexity index is 671. The van der Waals surface area contributed by atoms with Crippen LogP contribution in [0.5, 0.6) is 0 Å². The molecule has 1 N–H and O–H groups in total. The zero-order valence-corrected chi connectivity index (χ0v) is 8.49. The van der Waals surface area contributed by atoms with Gasteiger partial charge in [0, 0.05) is 17.6 Å². The fraction of sp³-hybridized carbons (Fsp3) is 0. The monoisotopic (exact) mass is 221 g/mol. The van der Waals surface area contributed by atoms with Crippen molar-refractivity contribution in [3.8, 4) is 0 Å². The van der Waals surface area contributed by atoms with Gasteiger partial charge in [-0.3, -0.25) is 4.79 Å². The van der Waals surface area contributed by atoms with Gasteiger partial charge >= 0.3 is 0 Å². The van der Waals surface area contributed by atoms with E-state index in [4.69, 9.17) is 0 Å². The van der Waals surface area contributed by atoms with Crippen molar-refractivity contribution in [3.05, 3.63) is 46.9 Å². The maximum Gasteiger partial charge on any atom is 0.251 e. The van der Waals surface area contributed by atoms with Crippen LogP contribution in [-0.2, 0) is 0 Å². The number of hydrogen-bond donors (Lipinski definition) is 1. The van der Waals surface area contributed by atoms with E-state index in [-0.39, 0.29) is 18.0 Å². The number of rotatable bonds is 0. The molecular formula is C10H8ClN3O. The third-order valence-corrected chi connectivity index (χ3v) is 2.21. The molecule has 0 aliphatic rings. The second-order valence-electron chi connectivity index (χ2n) is 3.12. The normalized spacial score (nSPS) is 10.4. The summed E-state index contributed by atoms with van der Waals surface area (Å²) in [7, 11) is 0. The topological polar surface area (TPSA) is 50.2 Å². The molecule has 3 rings (SSSR count). The van der Waals surface area contributed by atoms with Gasteiger partial charge in [0.25, 0.3) is 5.56 Å². The number of benzene rings is 1. The minimum atomic E-state index is -0.108. The summed E-state index contributed by atoms with van der Waals surface area (Å²) >= 11 is 0. The van der Waals surface area contributed by atoms with Crippen LogP contribution in [0.1, 0.15) is 0 Å². The summed E-state index contributed by atoms with van der Waals surface area (Å²) in [6, 6.07) is 9.16. The molecule has 5 heteroatoms. The highest BCUT2D eigenvalue weighted by Gasteiger charge is 2.02. The van der Waals surface area contributed by atoms with Crippen LogP contribution in [-0.4, -0.2) is 14.6 Å². The molecule has 0 aliphatic heterocycles. The molecule has 0 unspecified atom stereocenters. The number of aromatic amines is 1. The lowest BCUT2D eigenvalue weighted by Gasteiger charge is -1.89. The third-order valence-electron chi connectivity index (χ3n) is 2.21. The van der Waals surface area contributed by atoms with Crippen molar-refractivity contribution in [3.63, 3.8) is 0 Å². The van der Waals surface area contributed by atoms with Gasteiger partial charge in [-0.25, -0.2) is 4.52 Å². The molecule has 3 aromatic rings. The molecule has 1 aromatic carbocycles. The summed E-state index contributed by atoms with van der Waals surface area (Å²) < 4.78 is 1.67. The van der Waals surface area contributed by atoms with Crippen molar-refractivity contribution in [1.82, 2.24) is 14.6 Å². The predicted molar refractivity (Wildman–Crippen MR) is 60.6 cm³/mol. The number of nitrogens with zero attached hydrogens (tertiary/aromatic N) is 2. The van der Waals surface area contributed by atoms with Gasteiger partial charge in [-0.05, 0) is 12.1 Å². The molecule has 2 heterocycles. The first-order valence-electron chi connectivity index (χ1n) is 4.31. The molecule has 0 bridgehead atoms. The predicted octanol–water partition coefficient (Wildman–Crippen LogP) is 1.60. The molecule has 0 amide bonds. The van der Waals surface area contributed by atoms with Crippen LogP contribution in [0.2, 0.25) is 0 Å². The molecule has 76 valence electrons. The molecule has 0 saturated carbocycles. The first-order chi connectivity index (χ1) is 6.84. The zero-order chi connectivity index (χ0) is 9.54. The second kappa shape index (κ2) is 3.40. The third kappa shape index (κ3) is 1.39. The van der Waals surface area contributed by atoms with E-state index in [2.05, 4.69) is 10.1 Å². The molecule has 15 heavy (non-hydrogen) atoms. The minimum absolute atomic E-state index is 0. The summed E-state index contributed by atoms with van der Waals surface area (Å²) in [6.45, 7) is 0. The fourth-order valence-electron chi connectivity index (χ4n) is 1.58. The number of hydrogen-bond acceptors (Lipinski definition) is 2. The second-order valence-corrected chi connectivity index (χ2v) is 3.12. The van der Waals surface area contributed by atoms with Gasteiger partial charge in [0.1, 0.15) is 5.65 Å². The van der Waals surface area contributed by atoms with Gasteiger partial charge in [0.2, 0.25) is 0 Å². The van der Waals surface area contributed by atoms with E-state index in [0.717, 1.165) is 16.6 Å². The SMILES string of the molecule is Cl.O=c1ccn2nc3ccccc3c2[nH]1. The smallest absolute Gasteiger partial charge is 0.251 e. The van der Waals surface area contributed by atoms with Crippen LogP contribution in [0.4, 0.5) is 0 Å². The average molecular weight is 222 g/mol. The zero-order valence-electron chi connectivity index (χ0n) is 7.68. The van der Waals surface area contributed by atoms with Crippen LogP contribution in [0.3, 0.4) is 0 Å². The molecule has 0 atom stereocenters. The molecule has 2 aromatic heterocycles. The Labute approximate surface area is 91.0 Å². The first-order valence-corrected chi connectivity index (χ1v) is 4.31. The van der Waals surface area contributed by atoms with Crippen LogP contribution >= 0.6 is 12.4 Å². The Hall–Kier alpha value is -1.81. The molecule has 0 aliphatic carbocycles. The Morgan fingerprint density at radius 3 is 2.87 bits per heavy atom. The lowest BCUT2D eigenvalue weighted by molar-refractivity contribution is 0.947. The summed E-state index contributed by atoms with van der Waals surface area (Å²) in [4.78, 5) is 13.9. The quantitative estimate of drug-likeness (QED) is 0.627. The van der Waals surface area contributed by atoms with E-state index >= 15 is 0 Å². The summed E-state index contributed by atoms with van der Waals surface area (Å²) in [5.74, 6) is 0. The van der Waals surface area contributed by atoms with Gasteiger partial charge in [-0.15, -0.1) is 12.4 Å². The van der Waals surface area contributed by atoms with Crippen LogP contribution in [0.25, 0.3) is 16.6 Å². The van der Waals surface area contributed by atoms with E-state index in [0.29, 0.717) is 0 Å². The summed E-state index contributed by atoms with van der Waals surface area (Å²) in [5, 5.41) is 5.27. The molecule has 4 nitrogen and oxygen atoms in total. The van der Waals surface area contributed by atoms with Crippen molar-refractivity contribution < 1.29 is 0 Å². The van der Waals surface area contributed by atoms with Crippen LogP contribution in [0.15, 0.2) is 41.3 Å². The van der Waals surface area contributed by atoms with E-state index in [1.807, 2.05) is 24.3 Å². The highest BCUT2D eigenvalue weighted by Crippen LogP contribution is 2.15. The van der Waals surface area contributed by atoms with Crippen LogP contribution < -0.4 is 5.56 Å². The average Bonchev–Trinajstić information content (AvgIpc) is 2.56. The molecule has 0 spiro atoms. The highest BCUT2D eigenvalue weighted by atomic mass is 35.5. The fourth-order valence-corrected chi connectivity index (χ4v) is 1.58. The van der Waals surface area contributed by atoms with E-state index in [1.54, 1.807) is 10.7 Å². The van der Waals surface area contributed by atoms with Crippen molar-refractivity contribution in [2.75, 3.05) is 0 Å². The lowest BCUT2D eigenvalue weighted by Crippen LogP contribution is -2.05. The minimum Gasteiger partial charge on any atom is -0.306 e. The van der Waals surface area contributed by atoms with Crippen LogP contribution in [0, 0.1) is 0 Å². The lowest BCUT2D eigenvalue weighted by atomic mass is 10.2. The Balaban J connectivity index is 0.000000853. The van der Waals surface area contributed by atoms with Gasteiger partial charge in [-0.1, -0.05) is 12.1 Å². The Morgan fingerprint density at radius 2 is 2.00 bits per heavy atom. The summed E-state index contributed by atoms with van der Waals surface area (Å²) in [6.07, 6.45) is 1.66. The number of H-pyrrole nitrogens is 1. The summed E-state index contributed by atoms with van der Waals surface area (Å²) in [5.41, 5.74) is 1.52. The first kappa shape index (κ1) is 9.73. The van der Waals surface area contributed by atoms with Gasteiger partial charge in [0.15, 0.2) is 0 Å².